The molecule has 2 rings (SSSR count). The standard InChI is InChI=1S/C15H17Cl2N3/c1-4-13-9(3)14(18-5-2)20-15(19-13)11-8-10(16)6-7-12(11)17/h6-8H,4-5H2,1-3H3,(H,18,19,20). The Morgan fingerprint density at radius 1 is 1.15 bits per heavy atom. The molecule has 2 aromatic rings. The fourth-order valence-electron chi connectivity index (χ4n) is 2.04. The lowest BCUT2D eigenvalue weighted by molar-refractivity contribution is 0.970. The maximum Gasteiger partial charge on any atom is 0.163 e. The number of aromatic nitrogens is 2. The highest BCUT2D eigenvalue weighted by molar-refractivity contribution is 6.35. The summed E-state index contributed by atoms with van der Waals surface area (Å²) in [7, 11) is 0. The van der Waals surface area contributed by atoms with E-state index in [4.69, 9.17) is 23.2 Å². The monoisotopic (exact) mass is 309 g/mol. The molecular weight excluding hydrogens is 293 g/mol. The Labute approximate surface area is 129 Å². The second-order valence-electron chi connectivity index (χ2n) is 4.48. The number of benzene rings is 1. The van der Waals surface area contributed by atoms with Gasteiger partial charge in [0.25, 0.3) is 0 Å². The molecule has 0 aliphatic heterocycles. The molecule has 0 atom stereocenters. The van der Waals surface area contributed by atoms with Crippen molar-refractivity contribution in [1.82, 2.24) is 9.97 Å². The summed E-state index contributed by atoms with van der Waals surface area (Å²) in [4.78, 5) is 9.19. The molecule has 0 aliphatic rings. The first kappa shape index (κ1) is 15.1. The molecule has 20 heavy (non-hydrogen) atoms. The van der Waals surface area contributed by atoms with Crippen LogP contribution in [0.25, 0.3) is 11.4 Å². The highest BCUT2D eigenvalue weighted by atomic mass is 35.5. The molecule has 0 saturated carbocycles. The van der Waals surface area contributed by atoms with Crippen molar-refractivity contribution in [2.75, 3.05) is 11.9 Å². The molecule has 1 aromatic heterocycles. The second kappa shape index (κ2) is 6.42. The Hall–Kier alpha value is -1.32. The molecule has 5 heteroatoms. The van der Waals surface area contributed by atoms with Gasteiger partial charge in [0, 0.05) is 28.4 Å². The Bertz CT molecular complexity index is 627. The average Bonchev–Trinajstić information content (AvgIpc) is 2.44. The van der Waals surface area contributed by atoms with E-state index in [1.54, 1.807) is 18.2 Å². The summed E-state index contributed by atoms with van der Waals surface area (Å²) in [5.41, 5.74) is 2.85. The molecule has 0 spiro atoms. The number of hydrogen-bond acceptors (Lipinski definition) is 3. The third-order valence-electron chi connectivity index (χ3n) is 3.10. The molecule has 0 aliphatic carbocycles. The molecule has 0 bridgehead atoms. The van der Waals surface area contributed by atoms with E-state index < -0.39 is 0 Å². The summed E-state index contributed by atoms with van der Waals surface area (Å²) in [6.45, 7) is 6.96. The van der Waals surface area contributed by atoms with Gasteiger partial charge in [-0.3, -0.25) is 0 Å². The molecule has 106 valence electrons. The van der Waals surface area contributed by atoms with Gasteiger partial charge in [-0.15, -0.1) is 0 Å². The van der Waals surface area contributed by atoms with Crippen molar-refractivity contribution in [1.29, 1.82) is 0 Å². The topological polar surface area (TPSA) is 37.8 Å². The van der Waals surface area contributed by atoms with Crippen molar-refractivity contribution in [3.63, 3.8) is 0 Å². The predicted octanol–water partition coefficient (Wildman–Crippen LogP) is 4.75. The van der Waals surface area contributed by atoms with Crippen LogP contribution in [0.2, 0.25) is 10.0 Å². The Morgan fingerprint density at radius 2 is 1.90 bits per heavy atom. The van der Waals surface area contributed by atoms with E-state index in [2.05, 4.69) is 22.2 Å². The van der Waals surface area contributed by atoms with Gasteiger partial charge in [0.2, 0.25) is 0 Å². The number of anilines is 1. The van der Waals surface area contributed by atoms with Gasteiger partial charge in [-0.25, -0.2) is 9.97 Å². The van der Waals surface area contributed by atoms with Gasteiger partial charge >= 0.3 is 0 Å². The molecule has 1 N–H and O–H groups in total. The van der Waals surface area contributed by atoms with Gasteiger partial charge in [-0.05, 0) is 38.5 Å². The third kappa shape index (κ3) is 3.05. The average molecular weight is 310 g/mol. The van der Waals surface area contributed by atoms with Crippen LogP contribution in [-0.2, 0) is 6.42 Å². The molecule has 3 nitrogen and oxygen atoms in total. The molecule has 0 amide bonds. The molecule has 0 saturated heterocycles. The lowest BCUT2D eigenvalue weighted by Crippen LogP contribution is -2.07. The largest absolute Gasteiger partial charge is 0.370 e. The SMILES string of the molecule is CCNc1nc(-c2cc(Cl)ccc2Cl)nc(CC)c1C. The Morgan fingerprint density at radius 3 is 2.55 bits per heavy atom. The molecular formula is C15H17Cl2N3. The van der Waals surface area contributed by atoms with Crippen molar-refractivity contribution >= 4 is 29.0 Å². The van der Waals surface area contributed by atoms with Gasteiger partial charge in [-0.1, -0.05) is 30.1 Å². The summed E-state index contributed by atoms with van der Waals surface area (Å²) in [5.74, 6) is 1.46. The van der Waals surface area contributed by atoms with Crippen molar-refractivity contribution < 1.29 is 0 Å². The fourth-order valence-corrected chi connectivity index (χ4v) is 2.41. The van der Waals surface area contributed by atoms with E-state index in [1.165, 1.54) is 0 Å². The Balaban J connectivity index is 2.61. The molecule has 1 aromatic carbocycles. The van der Waals surface area contributed by atoms with Gasteiger partial charge in [-0.2, -0.15) is 0 Å². The first-order valence-electron chi connectivity index (χ1n) is 6.63. The van der Waals surface area contributed by atoms with E-state index in [-0.39, 0.29) is 0 Å². The first-order valence-corrected chi connectivity index (χ1v) is 7.39. The first-order chi connectivity index (χ1) is 9.56. The lowest BCUT2D eigenvalue weighted by Gasteiger charge is -2.13. The van der Waals surface area contributed by atoms with Crippen LogP contribution in [0, 0.1) is 6.92 Å². The molecule has 1 heterocycles. The number of halogens is 2. The summed E-state index contributed by atoms with van der Waals surface area (Å²) in [6.07, 6.45) is 0.845. The van der Waals surface area contributed by atoms with Crippen LogP contribution in [0.4, 0.5) is 5.82 Å². The summed E-state index contributed by atoms with van der Waals surface area (Å²) in [6, 6.07) is 5.32. The Kier molecular flexibility index (Phi) is 4.84. The zero-order valence-electron chi connectivity index (χ0n) is 11.8. The molecule has 0 radical (unpaired) electrons. The minimum absolute atomic E-state index is 0.600. The zero-order chi connectivity index (χ0) is 14.7. The third-order valence-corrected chi connectivity index (χ3v) is 3.66. The smallest absolute Gasteiger partial charge is 0.163 e. The van der Waals surface area contributed by atoms with Crippen LogP contribution in [0.3, 0.4) is 0 Å². The normalized spacial score (nSPS) is 10.7. The minimum atomic E-state index is 0.600. The van der Waals surface area contributed by atoms with E-state index in [0.29, 0.717) is 15.9 Å². The zero-order valence-corrected chi connectivity index (χ0v) is 13.3. The number of hydrogen-bond donors (Lipinski definition) is 1. The quantitative estimate of drug-likeness (QED) is 0.885. The number of aryl methyl sites for hydroxylation is 1. The van der Waals surface area contributed by atoms with Crippen LogP contribution in [0.1, 0.15) is 25.1 Å². The van der Waals surface area contributed by atoms with Crippen molar-refractivity contribution in [3.05, 3.63) is 39.5 Å². The maximum absolute atomic E-state index is 6.24. The summed E-state index contributed by atoms with van der Waals surface area (Å²) >= 11 is 12.3. The van der Waals surface area contributed by atoms with Crippen molar-refractivity contribution in [3.8, 4) is 11.4 Å². The van der Waals surface area contributed by atoms with E-state index in [1.807, 2.05) is 13.8 Å². The maximum atomic E-state index is 6.24. The summed E-state index contributed by atoms with van der Waals surface area (Å²) < 4.78 is 0. The fraction of sp³-hybridized carbons (Fsp3) is 0.333. The van der Waals surface area contributed by atoms with Crippen LogP contribution < -0.4 is 5.32 Å². The van der Waals surface area contributed by atoms with E-state index >= 15 is 0 Å². The van der Waals surface area contributed by atoms with Crippen LogP contribution in [0.5, 0.6) is 0 Å². The van der Waals surface area contributed by atoms with Crippen molar-refractivity contribution in [2.45, 2.75) is 27.2 Å². The predicted molar refractivity (Wildman–Crippen MR) is 85.8 cm³/mol. The van der Waals surface area contributed by atoms with Crippen LogP contribution >= 0.6 is 23.2 Å². The lowest BCUT2D eigenvalue weighted by atomic mass is 10.1. The minimum Gasteiger partial charge on any atom is -0.370 e. The van der Waals surface area contributed by atoms with Gasteiger partial charge in [0.05, 0.1) is 5.02 Å². The molecule has 0 unspecified atom stereocenters. The summed E-state index contributed by atoms with van der Waals surface area (Å²) in [5, 5.41) is 4.49. The highest BCUT2D eigenvalue weighted by Gasteiger charge is 2.13. The van der Waals surface area contributed by atoms with Crippen molar-refractivity contribution in [2.24, 2.45) is 0 Å². The second-order valence-corrected chi connectivity index (χ2v) is 5.32. The number of nitrogens with zero attached hydrogens (tertiary/aromatic N) is 2. The van der Waals surface area contributed by atoms with Gasteiger partial charge < -0.3 is 5.32 Å². The highest BCUT2D eigenvalue weighted by Crippen LogP contribution is 2.30. The number of rotatable bonds is 4. The van der Waals surface area contributed by atoms with E-state index in [9.17, 15) is 0 Å². The van der Waals surface area contributed by atoms with Gasteiger partial charge in [0.1, 0.15) is 5.82 Å². The van der Waals surface area contributed by atoms with Gasteiger partial charge in [0.15, 0.2) is 5.82 Å². The van der Waals surface area contributed by atoms with Crippen LogP contribution in [-0.4, -0.2) is 16.5 Å². The number of nitrogens with one attached hydrogen (secondary N) is 1. The van der Waals surface area contributed by atoms with E-state index in [0.717, 1.165) is 35.6 Å². The van der Waals surface area contributed by atoms with Crippen LogP contribution in [0.15, 0.2) is 18.2 Å². The molecule has 0 fully saturated rings.